The van der Waals surface area contributed by atoms with Crippen LogP contribution in [0.3, 0.4) is 0 Å². The van der Waals surface area contributed by atoms with Crippen LogP contribution in [0, 0.1) is 18.8 Å². The number of benzene rings is 2. The minimum absolute atomic E-state index is 0.0414. The Bertz CT molecular complexity index is 1360. The van der Waals surface area contributed by atoms with Gasteiger partial charge in [0, 0.05) is 24.4 Å². The SMILES string of the molecule is COc1ccc2[nH]c([C@@H]3[C@H]4C=C[C@H]4CN3C(=O)c3cc(C)ccc3-n3nccn3)nc2c1. The number of amides is 1. The van der Waals surface area contributed by atoms with E-state index in [4.69, 9.17) is 9.72 Å². The quantitative estimate of drug-likeness (QED) is 0.505. The van der Waals surface area contributed by atoms with Crippen LogP contribution in [-0.4, -0.2) is 49.4 Å². The number of H-pyrrole nitrogens is 1. The van der Waals surface area contributed by atoms with Gasteiger partial charge in [0.05, 0.1) is 47.8 Å². The second kappa shape index (κ2) is 7.05. The van der Waals surface area contributed by atoms with Crippen LogP contribution in [0.1, 0.15) is 27.8 Å². The van der Waals surface area contributed by atoms with Gasteiger partial charge >= 0.3 is 0 Å². The first-order valence-corrected chi connectivity index (χ1v) is 10.6. The first-order chi connectivity index (χ1) is 15.6. The van der Waals surface area contributed by atoms with Crippen molar-refractivity contribution in [3.8, 4) is 11.4 Å². The smallest absolute Gasteiger partial charge is 0.256 e. The molecule has 3 atom stereocenters. The molecule has 2 aliphatic rings. The molecule has 1 N–H and O–H groups in total. The van der Waals surface area contributed by atoms with E-state index in [0.717, 1.165) is 28.2 Å². The fourth-order valence-corrected chi connectivity index (χ4v) is 4.77. The zero-order chi connectivity index (χ0) is 21.8. The summed E-state index contributed by atoms with van der Waals surface area (Å²) in [6.07, 6.45) is 7.59. The number of aromatic amines is 1. The Morgan fingerprint density at radius 2 is 1.97 bits per heavy atom. The maximum atomic E-state index is 13.9. The number of likely N-dealkylation sites (tertiary alicyclic amines) is 1. The Kier molecular flexibility index (Phi) is 4.14. The van der Waals surface area contributed by atoms with Crippen LogP contribution < -0.4 is 4.74 Å². The van der Waals surface area contributed by atoms with Gasteiger partial charge in [0.25, 0.3) is 5.91 Å². The molecular formula is C24H22N6O2. The fraction of sp³-hybridized carbons (Fsp3) is 0.250. The van der Waals surface area contributed by atoms with Gasteiger partial charge in [0.1, 0.15) is 11.6 Å². The zero-order valence-electron chi connectivity index (χ0n) is 17.8. The fourth-order valence-electron chi connectivity index (χ4n) is 4.77. The molecule has 2 aromatic carbocycles. The predicted molar refractivity (Wildman–Crippen MR) is 119 cm³/mol. The molecule has 0 saturated carbocycles. The summed E-state index contributed by atoms with van der Waals surface area (Å²) in [4.78, 5) is 25.6. The summed E-state index contributed by atoms with van der Waals surface area (Å²) < 4.78 is 5.34. The van der Waals surface area contributed by atoms with Gasteiger partial charge in [0.15, 0.2) is 0 Å². The third-order valence-electron chi connectivity index (χ3n) is 6.45. The molecule has 4 aromatic rings. The number of nitrogens with zero attached hydrogens (tertiary/aromatic N) is 5. The lowest BCUT2D eigenvalue weighted by molar-refractivity contribution is 0.0719. The van der Waals surface area contributed by atoms with Gasteiger partial charge in [-0.2, -0.15) is 15.0 Å². The predicted octanol–water partition coefficient (Wildman–Crippen LogP) is 3.46. The third kappa shape index (κ3) is 2.83. The molecule has 2 aromatic heterocycles. The van der Waals surface area contributed by atoms with Crippen molar-refractivity contribution in [2.75, 3.05) is 13.7 Å². The minimum Gasteiger partial charge on any atom is -0.497 e. The van der Waals surface area contributed by atoms with E-state index in [1.54, 1.807) is 19.5 Å². The summed E-state index contributed by atoms with van der Waals surface area (Å²) in [6, 6.07) is 11.4. The summed E-state index contributed by atoms with van der Waals surface area (Å²) in [5, 5.41) is 8.48. The second-order valence-corrected chi connectivity index (χ2v) is 8.37. The van der Waals surface area contributed by atoms with Gasteiger partial charge in [-0.15, -0.1) is 0 Å². The van der Waals surface area contributed by atoms with Crippen molar-refractivity contribution >= 4 is 16.9 Å². The van der Waals surface area contributed by atoms with Crippen molar-refractivity contribution in [1.82, 2.24) is 29.9 Å². The van der Waals surface area contributed by atoms with Crippen molar-refractivity contribution < 1.29 is 9.53 Å². The Morgan fingerprint density at radius 3 is 2.72 bits per heavy atom. The number of carbonyl (C=O) groups excluding carboxylic acids is 1. The van der Waals surface area contributed by atoms with Gasteiger partial charge in [-0.1, -0.05) is 23.8 Å². The van der Waals surface area contributed by atoms with Crippen LogP contribution in [0.2, 0.25) is 0 Å². The topological polar surface area (TPSA) is 88.9 Å². The molecule has 1 saturated heterocycles. The number of nitrogens with one attached hydrogen (secondary N) is 1. The number of ether oxygens (including phenoxy) is 1. The molecule has 8 heteroatoms. The largest absolute Gasteiger partial charge is 0.497 e. The van der Waals surface area contributed by atoms with Crippen molar-refractivity contribution in [3.63, 3.8) is 0 Å². The van der Waals surface area contributed by atoms with Gasteiger partial charge in [-0.3, -0.25) is 4.79 Å². The Labute approximate surface area is 184 Å². The lowest BCUT2D eigenvalue weighted by Gasteiger charge is -2.28. The Hall–Kier alpha value is -3.94. The van der Waals surface area contributed by atoms with Crippen LogP contribution in [0.15, 0.2) is 60.9 Å². The molecule has 1 amide bonds. The number of hydrogen-bond acceptors (Lipinski definition) is 5. The van der Waals surface area contributed by atoms with Crippen molar-refractivity contribution in [2.24, 2.45) is 11.8 Å². The van der Waals surface area contributed by atoms with E-state index in [0.29, 0.717) is 23.7 Å². The zero-order valence-corrected chi connectivity index (χ0v) is 17.8. The first-order valence-electron chi connectivity index (χ1n) is 10.6. The number of imidazole rings is 1. The summed E-state index contributed by atoms with van der Waals surface area (Å²) in [7, 11) is 1.64. The van der Waals surface area contributed by atoms with Crippen LogP contribution in [0.25, 0.3) is 16.7 Å². The summed E-state index contributed by atoms with van der Waals surface area (Å²) >= 11 is 0. The van der Waals surface area contributed by atoms with E-state index >= 15 is 0 Å². The number of aromatic nitrogens is 5. The van der Waals surface area contributed by atoms with Crippen LogP contribution in [0.4, 0.5) is 0 Å². The van der Waals surface area contributed by atoms with Crippen molar-refractivity contribution in [2.45, 2.75) is 13.0 Å². The van der Waals surface area contributed by atoms with Gasteiger partial charge in [-0.05, 0) is 31.2 Å². The highest BCUT2D eigenvalue weighted by Gasteiger charge is 2.48. The molecule has 1 fully saturated rings. The average Bonchev–Trinajstić information content (AvgIpc) is 3.51. The van der Waals surface area contributed by atoms with Crippen LogP contribution in [-0.2, 0) is 0 Å². The van der Waals surface area contributed by atoms with E-state index in [9.17, 15) is 4.79 Å². The lowest BCUT2D eigenvalue weighted by atomic mass is 9.81. The van der Waals surface area contributed by atoms with Crippen molar-refractivity contribution in [1.29, 1.82) is 0 Å². The van der Waals surface area contributed by atoms with Gasteiger partial charge in [0.2, 0.25) is 0 Å². The van der Waals surface area contributed by atoms with Gasteiger partial charge in [-0.25, -0.2) is 4.98 Å². The maximum Gasteiger partial charge on any atom is 0.256 e. The molecule has 32 heavy (non-hydrogen) atoms. The normalized spacial score (nSPS) is 21.6. The van der Waals surface area contributed by atoms with E-state index in [2.05, 4.69) is 27.3 Å². The molecule has 3 heterocycles. The molecule has 8 nitrogen and oxygen atoms in total. The highest BCUT2D eigenvalue weighted by molar-refractivity contribution is 5.98. The van der Waals surface area contributed by atoms with E-state index in [-0.39, 0.29) is 17.9 Å². The van der Waals surface area contributed by atoms with E-state index in [1.807, 2.05) is 48.2 Å². The third-order valence-corrected chi connectivity index (χ3v) is 6.45. The lowest BCUT2D eigenvalue weighted by Crippen LogP contribution is -2.33. The Morgan fingerprint density at radius 1 is 1.12 bits per heavy atom. The van der Waals surface area contributed by atoms with E-state index < -0.39 is 0 Å². The molecule has 0 unspecified atom stereocenters. The molecule has 0 radical (unpaired) electrons. The second-order valence-electron chi connectivity index (χ2n) is 8.37. The molecule has 160 valence electrons. The number of hydrogen-bond donors (Lipinski definition) is 1. The van der Waals surface area contributed by atoms with Crippen LogP contribution in [0.5, 0.6) is 5.75 Å². The number of methoxy groups -OCH3 is 1. The number of rotatable bonds is 4. The first kappa shape index (κ1) is 18.8. The van der Waals surface area contributed by atoms with Gasteiger partial charge < -0.3 is 14.6 Å². The molecule has 0 bridgehead atoms. The monoisotopic (exact) mass is 426 g/mol. The molecular weight excluding hydrogens is 404 g/mol. The highest BCUT2D eigenvalue weighted by Crippen LogP contribution is 2.47. The minimum atomic E-state index is -0.158. The molecule has 6 rings (SSSR count). The number of aryl methyl sites for hydroxylation is 1. The number of carbonyl (C=O) groups is 1. The molecule has 1 aliphatic carbocycles. The van der Waals surface area contributed by atoms with Crippen molar-refractivity contribution in [3.05, 3.63) is 77.9 Å². The standard InChI is InChI=1S/C24H22N6O2/c1-14-3-8-21(30-25-9-10-26-30)18(11-14)24(31)29-13-15-4-6-17(15)22(29)23-27-19-7-5-16(32-2)12-20(19)28-23/h3-12,15,17,22H,13H2,1-2H3,(H,27,28)/t15-,17-,22-/m0/s1. The van der Waals surface area contributed by atoms with E-state index in [1.165, 1.54) is 4.80 Å². The highest BCUT2D eigenvalue weighted by atomic mass is 16.5. The summed E-state index contributed by atoms with van der Waals surface area (Å²) in [5.74, 6) is 2.10. The summed E-state index contributed by atoms with van der Waals surface area (Å²) in [6.45, 7) is 2.64. The average molecular weight is 426 g/mol. The molecule has 0 spiro atoms. The molecule has 1 aliphatic heterocycles. The maximum absolute atomic E-state index is 13.9. The Balaban J connectivity index is 1.42. The summed E-state index contributed by atoms with van der Waals surface area (Å²) in [5.41, 5.74) is 4.03. The van der Waals surface area contributed by atoms with Crippen LogP contribution >= 0.6 is 0 Å². The number of fused-ring (bicyclic) bond motifs is 2.